The van der Waals surface area contributed by atoms with Gasteiger partial charge in [0.25, 0.3) is 0 Å². The van der Waals surface area contributed by atoms with E-state index in [4.69, 9.17) is 5.11 Å². The van der Waals surface area contributed by atoms with Crippen molar-refractivity contribution < 1.29 is 14.7 Å². The van der Waals surface area contributed by atoms with E-state index in [-0.39, 0.29) is 18.0 Å². The predicted molar refractivity (Wildman–Crippen MR) is 80.0 cm³/mol. The van der Waals surface area contributed by atoms with Gasteiger partial charge in [0.05, 0.1) is 0 Å². The first-order valence-corrected chi connectivity index (χ1v) is 7.49. The molecule has 0 saturated carbocycles. The van der Waals surface area contributed by atoms with Crippen molar-refractivity contribution in [2.24, 2.45) is 5.92 Å². The van der Waals surface area contributed by atoms with Crippen molar-refractivity contribution >= 4 is 23.3 Å². The summed E-state index contributed by atoms with van der Waals surface area (Å²) in [6.07, 6.45) is 0.765. The van der Waals surface area contributed by atoms with Crippen LogP contribution in [0.1, 0.15) is 25.6 Å². The molecule has 2 amide bonds. The number of likely N-dealkylation sites (N-methyl/N-ethyl adjacent to an activating group) is 1. The summed E-state index contributed by atoms with van der Waals surface area (Å²) in [6.45, 7) is 5.49. The van der Waals surface area contributed by atoms with E-state index in [9.17, 15) is 9.59 Å². The maximum Gasteiger partial charge on any atom is 0.326 e. The van der Waals surface area contributed by atoms with E-state index in [0.717, 1.165) is 6.42 Å². The summed E-state index contributed by atoms with van der Waals surface area (Å²) in [5.74, 6) is -1.16. The van der Waals surface area contributed by atoms with E-state index in [1.54, 1.807) is 37.1 Å². The molecule has 0 saturated heterocycles. The van der Waals surface area contributed by atoms with Gasteiger partial charge < -0.3 is 15.3 Å². The summed E-state index contributed by atoms with van der Waals surface area (Å²) < 4.78 is 0. The highest BCUT2D eigenvalue weighted by molar-refractivity contribution is 7.09. The standard InChI is InChI=1S/C14H22N2O3S/c1-9(2)12(13(17)18)15-14(19)16(4)10(3)8-11-6-5-7-20-11/h5-7,9-10,12H,8H2,1-4H3,(H,15,19)(H,17,18). The fourth-order valence-electron chi connectivity index (χ4n) is 1.81. The van der Waals surface area contributed by atoms with Gasteiger partial charge in [-0.05, 0) is 24.3 Å². The summed E-state index contributed by atoms with van der Waals surface area (Å²) in [6, 6.07) is 2.80. The number of nitrogens with zero attached hydrogens (tertiary/aromatic N) is 1. The Morgan fingerprint density at radius 2 is 2.05 bits per heavy atom. The molecule has 0 bridgehead atoms. The Hall–Kier alpha value is -1.56. The lowest BCUT2D eigenvalue weighted by Crippen LogP contribution is -2.51. The number of rotatable bonds is 6. The third-order valence-corrected chi connectivity index (χ3v) is 4.17. The lowest BCUT2D eigenvalue weighted by Gasteiger charge is -2.27. The van der Waals surface area contributed by atoms with Crippen LogP contribution in [0.2, 0.25) is 0 Å². The number of carboxylic acid groups (broad SMARTS) is 1. The van der Waals surface area contributed by atoms with Crippen LogP contribution in [-0.4, -0.2) is 41.1 Å². The van der Waals surface area contributed by atoms with E-state index in [1.165, 1.54) is 4.88 Å². The molecule has 1 aromatic rings. The molecule has 6 heteroatoms. The quantitative estimate of drug-likeness (QED) is 0.847. The zero-order valence-corrected chi connectivity index (χ0v) is 13.1. The number of carboxylic acids is 1. The van der Waals surface area contributed by atoms with Crippen LogP contribution in [0, 0.1) is 5.92 Å². The second kappa shape index (κ2) is 7.28. The van der Waals surface area contributed by atoms with E-state index in [1.807, 2.05) is 24.4 Å². The molecule has 2 unspecified atom stereocenters. The minimum atomic E-state index is -1.01. The second-order valence-corrected chi connectivity index (χ2v) is 6.29. The van der Waals surface area contributed by atoms with Crippen LogP contribution in [-0.2, 0) is 11.2 Å². The summed E-state index contributed by atoms with van der Waals surface area (Å²) in [4.78, 5) is 25.9. The molecule has 0 aliphatic rings. The number of hydrogen-bond acceptors (Lipinski definition) is 3. The zero-order valence-electron chi connectivity index (χ0n) is 12.3. The monoisotopic (exact) mass is 298 g/mol. The highest BCUT2D eigenvalue weighted by atomic mass is 32.1. The average molecular weight is 298 g/mol. The molecule has 0 aliphatic heterocycles. The number of amides is 2. The van der Waals surface area contributed by atoms with Crippen molar-refractivity contribution in [3.8, 4) is 0 Å². The highest BCUT2D eigenvalue weighted by Gasteiger charge is 2.26. The van der Waals surface area contributed by atoms with Crippen LogP contribution < -0.4 is 5.32 Å². The molecule has 5 nitrogen and oxygen atoms in total. The first kappa shape index (κ1) is 16.5. The van der Waals surface area contributed by atoms with Crippen LogP contribution in [0.4, 0.5) is 4.79 Å². The van der Waals surface area contributed by atoms with Crippen molar-refractivity contribution in [1.82, 2.24) is 10.2 Å². The van der Waals surface area contributed by atoms with Crippen molar-refractivity contribution in [1.29, 1.82) is 0 Å². The number of carbonyl (C=O) groups excluding carboxylic acids is 1. The Morgan fingerprint density at radius 1 is 1.40 bits per heavy atom. The molecular weight excluding hydrogens is 276 g/mol. The van der Waals surface area contributed by atoms with Crippen molar-refractivity contribution in [2.75, 3.05) is 7.05 Å². The van der Waals surface area contributed by atoms with Gasteiger partial charge in [0.1, 0.15) is 6.04 Å². The van der Waals surface area contributed by atoms with E-state index < -0.39 is 12.0 Å². The van der Waals surface area contributed by atoms with Crippen LogP contribution in [0.15, 0.2) is 17.5 Å². The normalized spacial score (nSPS) is 13.8. The van der Waals surface area contributed by atoms with Gasteiger partial charge in [-0.3, -0.25) is 0 Å². The molecule has 0 aliphatic carbocycles. The molecule has 0 radical (unpaired) electrons. The maximum absolute atomic E-state index is 12.1. The first-order valence-electron chi connectivity index (χ1n) is 6.61. The van der Waals surface area contributed by atoms with Gasteiger partial charge in [-0.1, -0.05) is 19.9 Å². The van der Waals surface area contributed by atoms with Crippen molar-refractivity contribution in [3.05, 3.63) is 22.4 Å². The van der Waals surface area contributed by atoms with Gasteiger partial charge >= 0.3 is 12.0 Å². The highest BCUT2D eigenvalue weighted by Crippen LogP contribution is 2.14. The zero-order chi connectivity index (χ0) is 15.3. The van der Waals surface area contributed by atoms with Crippen molar-refractivity contribution in [3.63, 3.8) is 0 Å². The van der Waals surface area contributed by atoms with Crippen LogP contribution in [0.5, 0.6) is 0 Å². The molecule has 0 spiro atoms. The van der Waals surface area contributed by atoms with Crippen LogP contribution in [0.25, 0.3) is 0 Å². The first-order chi connectivity index (χ1) is 9.32. The van der Waals surface area contributed by atoms with E-state index in [0.29, 0.717) is 0 Å². The minimum absolute atomic E-state index is 0.00950. The molecule has 112 valence electrons. The second-order valence-electron chi connectivity index (χ2n) is 5.25. The maximum atomic E-state index is 12.1. The molecule has 1 aromatic heterocycles. The molecule has 0 fully saturated rings. The van der Waals surface area contributed by atoms with Crippen molar-refractivity contribution in [2.45, 2.75) is 39.3 Å². The molecule has 0 aromatic carbocycles. The van der Waals surface area contributed by atoms with Gasteiger partial charge in [-0.15, -0.1) is 11.3 Å². The van der Waals surface area contributed by atoms with Crippen LogP contribution in [0.3, 0.4) is 0 Å². The molecular formula is C14H22N2O3S. The third kappa shape index (κ3) is 4.52. The third-order valence-electron chi connectivity index (χ3n) is 3.27. The molecule has 2 atom stereocenters. The molecule has 2 N–H and O–H groups in total. The summed E-state index contributed by atoms with van der Waals surface area (Å²) in [7, 11) is 1.69. The predicted octanol–water partition coefficient (Wildman–Crippen LogP) is 2.43. The van der Waals surface area contributed by atoms with Gasteiger partial charge in [0, 0.05) is 24.4 Å². The number of carbonyl (C=O) groups is 2. The summed E-state index contributed by atoms with van der Waals surface area (Å²) in [5.41, 5.74) is 0. The summed E-state index contributed by atoms with van der Waals surface area (Å²) in [5, 5.41) is 13.7. The number of urea groups is 1. The minimum Gasteiger partial charge on any atom is -0.480 e. The SMILES string of the molecule is CC(C)C(NC(=O)N(C)C(C)Cc1cccs1)C(=O)O. The fraction of sp³-hybridized carbons (Fsp3) is 0.571. The van der Waals surface area contributed by atoms with Gasteiger partial charge in [0.2, 0.25) is 0 Å². The fourth-order valence-corrected chi connectivity index (χ4v) is 2.63. The molecule has 1 rings (SSSR count). The topological polar surface area (TPSA) is 69.6 Å². The largest absolute Gasteiger partial charge is 0.480 e. The average Bonchev–Trinajstić information content (AvgIpc) is 2.86. The Kier molecular flexibility index (Phi) is 6.01. The Balaban J connectivity index is 2.59. The lowest BCUT2D eigenvalue weighted by atomic mass is 10.1. The Labute approximate surface area is 123 Å². The van der Waals surface area contributed by atoms with Gasteiger partial charge in [-0.25, -0.2) is 9.59 Å². The van der Waals surface area contributed by atoms with Crippen LogP contribution >= 0.6 is 11.3 Å². The van der Waals surface area contributed by atoms with Gasteiger partial charge in [0.15, 0.2) is 0 Å². The number of thiophene rings is 1. The Bertz CT molecular complexity index is 445. The Morgan fingerprint density at radius 3 is 2.50 bits per heavy atom. The van der Waals surface area contributed by atoms with E-state index in [2.05, 4.69) is 5.32 Å². The summed E-state index contributed by atoms with van der Waals surface area (Å²) >= 11 is 1.65. The number of hydrogen-bond donors (Lipinski definition) is 2. The number of nitrogens with one attached hydrogen (secondary N) is 1. The molecule has 1 heterocycles. The van der Waals surface area contributed by atoms with E-state index >= 15 is 0 Å². The molecule has 20 heavy (non-hydrogen) atoms. The lowest BCUT2D eigenvalue weighted by molar-refractivity contribution is -0.140. The number of aliphatic carboxylic acids is 1. The smallest absolute Gasteiger partial charge is 0.326 e. The van der Waals surface area contributed by atoms with Gasteiger partial charge in [-0.2, -0.15) is 0 Å².